The first kappa shape index (κ1) is 25.7. The minimum absolute atomic E-state index is 0.122. The molecule has 3 aromatic carbocycles. The summed E-state index contributed by atoms with van der Waals surface area (Å²) in [7, 11) is 0. The Balaban J connectivity index is 1.53. The van der Waals surface area contributed by atoms with E-state index < -0.39 is 11.6 Å². The Morgan fingerprint density at radius 3 is 2.58 bits per heavy atom. The summed E-state index contributed by atoms with van der Waals surface area (Å²) in [6.07, 6.45) is 0. The third-order valence-electron chi connectivity index (χ3n) is 6.02. The molecular formula is C28H28IN3O4. The van der Waals surface area contributed by atoms with E-state index in [0.29, 0.717) is 17.9 Å². The van der Waals surface area contributed by atoms with Crippen molar-refractivity contribution in [2.24, 2.45) is 0 Å². The lowest BCUT2D eigenvalue weighted by atomic mass is 10.1. The molecule has 1 heterocycles. The fraction of sp³-hybridized carbons (Fsp3) is 0.250. The standard InChI is InChI=1S/C28H28IN3O4/c1-17(20-8-6-9-22(29)14-20)30-26(33)21-11-12-25-24(15-21)31-18(2)32(25)16-19-7-5-10-23(13-19)36-28(3,4)27(34)35/h5-15,17H,16H2,1-4H3,(H,30,33)(H,34,35)/t17-/m0/s1. The van der Waals surface area contributed by atoms with Crippen molar-refractivity contribution in [1.82, 2.24) is 14.9 Å². The van der Waals surface area contributed by atoms with E-state index in [1.54, 1.807) is 6.07 Å². The van der Waals surface area contributed by atoms with Gasteiger partial charge in [0, 0.05) is 15.7 Å². The van der Waals surface area contributed by atoms with E-state index in [4.69, 9.17) is 4.74 Å². The molecule has 0 fully saturated rings. The lowest BCUT2D eigenvalue weighted by Crippen LogP contribution is -2.37. The van der Waals surface area contributed by atoms with Crippen molar-refractivity contribution in [1.29, 1.82) is 0 Å². The number of amides is 1. The third kappa shape index (κ3) is 5.70. The van der Waals surface area contributed by atoms with Crippen LogP contribution in [0.2, 0.25) is 0 Å². The molecule has 0 saturated heterocycles. The van der Waals surface area contributed by atoms with Crippen molar-refractivity contribution in [3.8, 4) is 5.75 Å². The summed E-state index contributed by atoms with van der Waals surface area (Å²) in [5.41, 5.74) is 2.87. The van der Waals surface area contributed by atoms with Crippen LogP contribution in [0.1, 0.15) is 54.1 Å². The van der Waals surface area contributed by atoms with Gasteiger partial charge in [0.05, 0.1) is 17.1 Å². The first-order valence-corrected chi connectivity index (χ1v) is 12.7. The molecule has 7 nitrogen and oxygen atoms in total. The van der Waals surface area contributed by atoms with Gasteiger partial charge in [-0.1, -0.05) is 24.3 Å². The number of carbonyl (C=O) groups is 2. The maximum atomic E-state index is 12.9. The van der Waals surface area contributed by atoms with Crippen molar-refractivity contribution in [3.63, 3.8) is 0 Å². The van der Waals surface area contributed by atoms with Crippen molar-refractivity contribution < 1.29 is 19.4 Å². The van der Waals surface area contributed by atoms with E-state index in [1.807, 2.05) is 68.4 Å². The second-order valence-corrected chi connectivity index (χ2v) is 10.5. The molecule has 186 valence electrons. The predicted molar refractivity (Wildman–Crippen MR) is 147 cm³/mol. The van der Waals surface area contributed by atoms with Crippen molar-refractivity contribution >= 4 is 45.5 Å². The Bertz CT molecular complexity index is 1440. The van der Waals surface area contributed by atoms with Gasteiger partial charge in [-0.15, -0.1) is 0 Å². The summed E-state index contributed by atoms with van der Waals surface area (Å²) in [5, 5.41) is 12.4. The highest BCUT2D eigenvalue weighted by molar-refractivity contribution is 14.1. The van der Waals surface area contributed by atoms with Gasteiger partial charge in [0.2, 0.25) is 0 Å². The molecule has 0 aliphatic rings. The number of ether oxygens (including phenoxy) is 1. The van der Waals surface area contributed by atoms with Crippen molar-refractivity contribution in [2.75, 3.05) is 0 Å². The molecule has 0 spiro atoms. The lowest BCUT2D eigenvalue weighted by molar-refractivity contribution is -0.152. The van der Waals surface area contributed by atoms with Gasteiger partial charge in [-0.3, -0.25) is 4.79 Å². The normalized spacial score (nSPS) is 12.4. The van der Waals surface area contributed by atoms with Crippen LogP contribution in [0.3, 0.4) is 0 Å². The Morgan fingerprint density at radius 1 is 1.11 bits per heavy atom. The number of hydrogen-bond acceptors (Lipinski definition) is 4. The Kier molecular flexibility index (Phi) is 7.35. The number of nitrogens with zero attached hydrogens (tertiary/aromatic N) is 2. The highest BCUT2D eigenvalue weighted by Gasteiger charge is 2.29. The van der Waals surface area contributed by atoms with E-state index >= 15 is 0 Å². The van der Waals surface area contributed by atoms with Crippen LogP contribution < -0.4 is 10.1 Å². The van der Waals surface area contributed by atoms with Crippen LogP contribution in [0.4, 0.5) is 0 Å². The zero-order valence-corrected chi connectivity index (χ0v) is 22.7. The first-order valence-electron chi connectivity index (χ1n) is 11.6. The summed E-state index contributed by atoms with van der Waals surface area (Å²) in [5.74, 6) is 0.119. The minimum atomic E-state index is -1.33. The van der Waals surface area contributed by atoms with E-state index in [0.717, 1.165) is 31.6 Å². The van der Waals surface area contributed by atoms with Crippen LogP contribution in [0.15, 0.2) is 66.7 Å². The maximum absolute atomic E-state index is 12.9. The number of carboxylic acids is 1. The molecule has 2 N–H and O–H groups in total. The van der Waals surface area contributed by atoms with Gasteiger partial charge in [0.15, 0.2) is 5.60 Å². The molecule has 0 unspecified atom stereocenters. The van der Waals surface area contributed by atoms with E-state index in [2.05, 4.69) is 43.5 Å². The summed E-state index contributed by atoms with van der Waals surface area (Å²) < 4.78 is 8.87. The van der Waals surface area contributed by atoms with Crippen LogP contribution in [-0.4, -0.2) is 32.1 Å². The van der Waals surface area contributed by atoms with Gasteiger partial charge in [-0.2, -0.15) is 0 Å². The first-order chi connectivity index (χ1) is 17.0. The molecule has 1 amide bonds. The fourth-order valence-electron chi connectivity index (χ4n) is 3.96. The number of hydrogen-bond donors (Lipinski definition) is 2. The Hall–Kier alpha value is -3.40. The maximum Gasteiger partial charge on any atom is 0.347 e. The number of aromatic nitrogens is 2. The average molecular weight is 597 g/mol. The number of rotatable bonds is 8. The summed E-state index contributed by atoms with van der Waals surface area (Å²) >= 11 is 2.26. The zero-order chi connectivity index (χ0) is 26.0. The molecule has 1 aromatic heterocycles. The smallest absolute Gasteiger partial charge is 0.347 e. The number of carbonyl (C=O) groups excluding carboxylic acids is 1. The lowest BCUT2D eigenvalue weighted by Gasteiger charge is -2.22. The summed E-state index contributed by atoms with van der Waals surface area (Å²) in [4.78, 5) is 29.0. The number of aryl methyl sites for hydroxylation is 1. The van der Waals surface area contributed by atoms with Gasteiger partial charge in [0.1, 0.15) is 11.6 Å². The van der Waals surface area contributed by atoms with Gasteiger partial charge < -0.3 is 19.7 Å². The largest absolute Gasteiger partial charge is 0.478 e. The molecule has 0 aliphatic heterocycles. The van der Waals surface area contributed by atoms with Gasteiger partial charge in [-0.25, -0.2) is 9.78 Å². The summed E-state index contributed by atoms with van der Waals surface area (Å²) in [6.45, 7) is 7.46. The number of nitrogens with one attached hydrogen (secondary N) is 1. The molecule has 1 atom stereocenters. The SMILES string of the molecule is Cc1nc2cc(C(=O)N[C@@H](C)c3cccc(I)c3)ccc2n1Cc1cccc(OC(C)(C)C(=O)O)c1. The molecule has 0 radical (unpaired) electrons. The molecule has 8 heteroatoms. The number of fused-ring (bicyclic) bond motifs is 1. The minimum Gasteiger partial charge on any atom is -0.478 e. The quantitative estimate of drug-likeness (QED) is 0.253. The third-order valence-corrected chi connectivity index (χ3v) is 6.70. The summed E-state index contributed by atoms with van der Waals surface area (Å²) in [6, 6.07) is 20.9. The van der Waals surface area contributed by atoms with Crippen molar-refractivity contribution in [2.45, 2.75) is 45.9 Å². The highest BCUT2D eigenvalue weighted by atomic mass is 127. The van der Waals surface area contributed by atoms with Crippen molar-refractivity contribution in [3.05, 3.63) is 92.8 Å². The zero-order valence-electron chi connectivity index (χ0n) is 20.6. The Labute approximate surface area is 223 Å². The molecule has 0 aliphatic carbocycles. The fourth-order valence-corrected chi connectivity index (χ4v) is 4.53. The van der Waals surface area contributed by atoms with Crippen LogP contribution >= 0.6 is 22.6 Å². The number of carboxylic acid groups (broad SMARTS) is 1. The monoisotopic (exact) mass is 597 g/mol. The van der Waals surface area contributed by atoms with Gasteiger partial charge in [0.25, 0.3) is 5.91 Å². The molecule has 0 saturated carbocycles. The molecule has 36 heavy (non-hydrogen) atoms. The Morgan fingerprint density at radius 2 is 1.86 bits per heavy atom. The van der Waals surface area contributed by atoms with E-state index in [9.17, 15) is 14.7 Å². The topological polar surface area (TPSA) is 93.5 Å². The van der Waals surface area contributed by atoms with E-state index in [1.165, 1.54) is 13.8 Å². The van der Waals surface area contributed by atoms with Crippen LogP contribution in [0.5, 0.6) is 5.75 Å². The number of aliphatic carboxylic acids is 1. The number of imidazole rings is 1. The second kappa shape index (κ2) is 10.3. The van der Waals surface area contributed by atoms with Crippen LogP contribution in [-0.2, 0) is 11.3 Å². The molecule has 0 bridgehead atoms. The van der Waals surface area contributed by atoms with E-state index in [-0.39, 0.29) is 11.9 Å². The van der Waals surface area contributed by atoms with Gasteiger partial charge >= 0.3 is 5.97 Å². The molecule has 4 aromatic rings. The highest BCUT2D eigenvalue weighted by Crippen LogP contribution is 2.24. The van der Waals surface area contributed by atoms with Gasteiger partial charge in [-0.05, 0) is 104 Å². The predicted octanol–water partition coefficient (Wildman–Crippen LogP) is 5.73. The second-order valence-electron chi connectivity index (χ2n) is 9.26. The average Bonchev–Trinajstić information content (AvgIpc) is 3.13. The number of benzene rings is 3. The molecular weight excluding hydrogens is 569 g/mol. The number of halogens is 1. The van der Waals surface area contributed by atoms with Crippen LogP contribution in [0, 0.1) is 10.5 Å². The molecule has 4 rings (SSSR count). The van der Waals surface area contributed by atoms with Crippen LogP contribution in [0.25, 0.3) is 11.0 Å².